The molecule has 3 aromatic rings. The monoisotopic (exact) mass is 435 g/mol. The van der Waals surface area contributed by atoms with Gasteiger partial charge in [-0.3, -0.25) is 9.78 Å². The Bertz CT molecular complexity index is 1070. The van der Waals surface area contributed by atoms with Crippen LogP contribution in [0.25, 0.3) is 10.6 Å². The second-order valence-corrected chi connectivity index (χ2v) is 9.13. The first kappa shape index (κ1) is 20.2. The molecule has 1 spiro atoms. The quantitative estimate of drug-likeness (QED) is 0.609. The Morgan fingerprint density at radius 1 is 1.26 bits per heavy atom. The summed E-state index contributed by atoms with van der Waals surface area (Å²) in [6.07, 6.45) is 4.40. The van der Waals surface area contributed by atoms with Crippen molar-refractivity contribution in [1.29, 1.82) is 0 Å². The SMILES string of the molecule is Cc1ncsc1-c1cc(C(=O)N2CCC[C@@]3(C[C@@H](Oc4ccccc4)CO3)C2)ccn1. The second kappa shape index (κ2) is 8.40. The largest absolute Gasteiger partial charge is 0.488 e. The molecule has 0 N–H and O–H groups in total. The molecule has 0 saturated carbocycles. The molecule has 0 aliphatic carbocycles. The maximum absolute atomic E-state index is 13.3. The lowest BCUT2D eigenvalue weighted by Gasteiger charge is -2.39. The number of para-hydroxylation sites is 1. The van der Waals surface area contributed by atoms with E-state index < -0.39 is 0 Å². The maximum atomic E-state index is 13.3. The fourth-order valence-electron chi connectivity index (χ4n) is 4.54. The number of aryl methyl sites for hydroxylation is 1. The van der Waals surface area contributed by atoms with Gasteiger partial charge in [0.1, 0.15) is 11.9 Å². The average molecular weight is 436 g/mol. The minimum Gasteiger partial charge on any atom is -0.488 e. The zero-order valence-electron chi connectivity index (χ0n) is 17.5. The molecule has 7 heteroatoms. The lowest BCUT2D eigenvalue weighted by molar-refractivity contribution is -0.0453. The van der Waals surface area contributed by atoms with Crippen molar-refractivity contribution in [1.82, 2.24) is 14.9 Å². The number of carbonyl (C=O) groups is 1. The van der Waals surface area contributed by atoms with Gasteiger partial charge in [0.05, 0.1) is 40.5 Å². The van der Waals surface area contributed by atoms with Gasteiger partial charge in [-0.25, -0.2) is 4.98 Å². The van der Waals surface area contributed by atoms with Crippen LogP contribution in [0.2, 0.25) is 0 Å². The molecule has 4 heterocycles. The van der Waals surface area contributed by atoms with Crippen LogP contribution in [0.15, 0.2) is 54.2 Å². The third kappa shape index (κ3) is 4.20. The van der Waals surface area contributed by atoms with E-state index in [1.165, 1.54) is 0 Å². The highest BCUT2D eigenvalue weighted by molar-refractivity contribution is 7.13. The molecule has 5 rings (SSSR count). The van der Waals surface area contributed by atoms with E-state index in [0.717, 1.165) is 47.8 Å². The van der Waals surface area contributed by atoms with E-state index in [4.69, 9.17) is 9.47 Å². The maximum Gasteiger partial charge on any atom is 0.254 e. The number of pyridine rings is 1. The molecule has 2 aliphatic heterocycles. The Labute approximate surface area is 185 Å². The Morgan fingerprint density at radius 3 is 2.94 bits per heavy atom. The third-order valence-electron chi connectivity index (χ3n) is 6.03. The van der Waals surface area contributed by atoms with Crippen molar-refractivity contribution < 1.29 is 14.3 Å². The normalized spacial score (nSPS) is 23.3. The number of piperidine rings is 1. The predicted octanol–water partition coefficient (Wildman–Crippen LogP) is 4.36. The van der Waals surface area contributed by atoms with Crippen LogP contribution >= 0.6 is 11.3 Å². The summed E-state index contributed by atoms with van der Waals surface area (Å²) < 4.78 is 12.4. The van der Waals surface area contributed by atoms with Crippen LogP contribution in [-0.2, 0) is 4.74 Å². The van der Waals surface area contributed by atoms with E-state index in [1.807, 2.05) is 48.2 Å². The summed E-state index contributed by atoms with van der Waals surface area (Å²) in [6, 6.07) is 13.5. The van der Waals surface area contributed by atoms with Crippen LogP contribution in [-0.4, -0.2) is 52.2 Å². The Hall–Kier alpha value is -2.77. The molecule has 6 nitrogen and oxygen atoms in total. The van der Waals surface area contributed by atoms with Gasteiger partial charge >= 0.3 is 0 Å². The fourth-order valence-corrected chi connectivity index (χ4v) is 5.32. The van der Waals surface area contributed by atoms with Gasteiger partial charge in [0, 0.05) is 24.7 Å². The molecule has 2 atom stereocenters. The van der Waals surface area contributed by atoms with Gasteiger partial charge in [0.15, 0.2) is 0 Å². The van der Waals surface area contributed by atoms with Crippen LogP contribution in [0.5, 0.6) is 5.75 Å². The highest BCUT2D eigenvalue weighted by atomic mass is 32.1. The number of nitrogens with zero attached hydrogens (tertiary/aromatic N) is 3. The predicted molar refractivity (Wildman–Crippen MR) is 119 cm³/mol. The highest BCUT2D eigenvalue weighted by Gasteiger charge is 2.45. The molecule has 1 amide bonds. The van der Waals surface area contributed by atoms with Crippen molar-refractivity contribution in [2.45, 2.75) is 37.9 Å². The van der Waals surface area contributed by atoms with Gasteiger partial charge in [-0.05, 0) is 44.0 Å². The lowest BCUT2D eigenvalue weighted by atomic mass is 9.89. The van der Waals surface area contributed by atoms with Gasteiger partial charge in [-0.15, -0.1) is 11.3 Å². The van der Waals surface area contributed by atoms with Crippen LogP contribution in [0.3, 0.4) is 0 Å². The van der Waals surface area contributed by atoms with E-state index in [-0.39, 0.29) is 17.6 Å². The fraction of sp³-hybridized carbons (Fsp3) is 0.375. The minimum absolute atomic E-state index is 0.0132. The number of likely N-dealkylation sites (tertiary alicyclic amines) is 1. The molecule has 160 valence electrons. The van der Waals surface area contributed by atoms with E-state index in [2.05, 4.69) is 9.97 Å². The van der Waals surface area contributed by atoms with Crippen LogP contribution < -0.4 is 4.74 Å². The molecule has 2 aliphatic rings. The Kier molecular flexibility index (Phi) is 5.46. The summed E-state index contributed by atoms with van der Waals surface area (Å²) in [6.45, 7) is 3.85. The van der Waals surface area contributed by atoms with Gasteiger partial charge in [-0.2, -0.15) is 0 Å². The molecule has 2 fully saturated rings. The van der Waals surface area contributed by atoms with Crippen LogP contribution in [0, 0.1) is 6.92 Å². The number of aromatic nitrogens is 2. The number of carbonyl (C=O) groups excluding carboxylic acids is 1. The van der Waals surface area contributed by atoms with Crippen molar-refractivity contribution >= 4 is 17.2 Å². The number of ether oxygens (including phenoxy) is 2. The summed E-state index contributed by atoms with van der Waals surface area (Å²) in [5.41, 5.74) is 3.87. The number of benzene rings is 1. The number of amides is 1. The van der Waals surface area contributed by atoms with E-state index in [1.54, 1.807) is 29.1 Å². The summed E-state index contributed by atoms with van der Waals surface area (Å²) in [5.74, 6) is 0.889. The van der Waals surface area contributed by atoms with Gasteiger partial charge in [-0.1, -0.05) is 18.2 Å². The number of rotatable bonds is 4. The lowest BCUT2D eigenvalue weighted by Crippen LogP contribution is -2.50. The molecule has 0 bridgehead atoms. The zero-order valence-corrected chi connectivity index (χ0v) is 18.3. The third-order valence-corrected chi connectivity index (χ3v) is 6.98. The molecule has 0 radical (unpaired) electrons. The zero-order chi connectivity index (χ0) is 21.3. The number of thiazole rings is 1. The first-order chi connectivity index (χ1) is 15.1. The van der Waals surface area contributed by atoms with Crippen LogP contribution in [0.1, 0.15) is 35.3 Å². The van der Waals surface area contributed by atoms with Crippen LogP contribution in [0.4, 0.5) is 0 Å². The topological polar surface area (TPSA) is 64.6 Å². The molecular formula is C24H25N3O3S. The first-order valence-electron chi connectivity index (χ1n) is 10.6. The average Bonchev–Trinajstić information content (AvgIpc) is 3.40. The summed E-state index contributed by atoms with van der Waals surface area (Å²) in [5, 5.41) is 0. The van der Waals surface area contributed by atoms with Gasteiger partial charge in [0.2, 0.25) is 0 Å². The van der Waals surface area contributed by atoms with E-state index >= 15 is 0 Å². The summed E-state index contributed by atoms with van der Waals surface area (Å²) in [7, 11) is 0. The van der Waals surface area contributed by atoms with Crippen molar-refractivity contribution in [3.05, 3.63) is 65.4 Å². The second-order valence-electron chi connectivity index (χ2n) is 8.28. The highest BCUT2D eigenvalue weighted by Crippen LogP contribution is 2.37. The van der Waals surface area contributed by atoms with Crippen molar-refractivity contribution in [2.75, 3.05) is 19.7 Å². The molecule has 2 saturated heterocycles. The molecule has 31 heavy (non-hydrogen) atoms. The summed E-state index contributed by atoms with van der Waals surface area (Å²) in [4.78, 5) is 25.0. The number of hydrogen-bond donors (Lipinski definition) is 0. The molecule has 1 aromatic carbocycles. The molecule has 0 unspecified atom stereocenters. The van der Waals surface area contributed by atoms with Gasteiger partial charge < -0.3 is 14.4 Å². The van der Waals surface area contributed by atoms with E-state index in [9.17, 15) is 4.79 Å². The van der Waals surface area contributed by atoms with Crippen molar-refractivity contribution in [3.63, 3.8) is 0 Å². The minimum atomic E-state index is -0.322. The molecular weight excluding hydrogens is 410 g/mol. The first-order valence-corrected chi connectivity index (χ1v) is 11.5. The Morgan fingerprint density at radius 2 is 2.13 bits per heavy atom. The van der Waals surface area contributed by atoms with Crippen molar-refractivity contribution in [2.24, 2.45) is 0 Å². The molecule has 2 aromatic heterocycles. The van der Waals surface area contributed by atoms with Gasteiger partial charge in [0.25, 0.3) is 5.91 Å². The summed E-state index contributed by atoms with van der Waals surface area (Å²) >= 11 is 1.54. The standard InChI is InChI=1S/C24H25N3O3S/c1-17-22(31-16-26-17)21-12-18(8-10-25-21)23(28)27-11-5-9-24(15-27)13-20(14-29-24)30-19-6-3-2-4-7-19/h2-4,6-8,10,12,16,20H,5,9,11,13-15H2,1H3/t20-,24-/m1/s1. The Balaban J connectivity index is 1.29. The van der Waals surface area contributed by atoms with Crippen molar-refractivity contribution in [3.8, 4) is 16.3 Å². The number of hydrogen-bond acceptors (Lipinski definition) is 6. The smallest absolute Gasteiger partial charge is 0.254 e. The van der Waals surface area contributed by atoms with E-state index in [0.29, 0.717) is 18.7 Å².